The molecule has 0 spiro atoms. The number of methoxy groups -OCH3 is 1. The Morgan fingerprint density at radius 3 is 2.68 bits per heavy atom. The van der Waals surface area contributed by atoms with Crippen molar-refractivity contribution in [2.45, 2.75) is 53.5 Å². The molecule has 2 aliphatic rings. The number of amides is 1. The number of allylic oxidation sites excluding steroid dienone is 1. The van der Waals surface area contributed by atoms with Crippen molar-refractivity contribution in [3.05, 3.63) is 63.6 Å². The number of hydrogen-bond acceptors (Lipinski definition) is 5. The van der Waals surface area contributed by atoms with Gasteiger partial charge in [0.15, 0.2) is 5.17 Å². The van der Waals surface area contributed by atoms with Crippen molar-refractivity contribution in [2.75, 3.05) is 18.6 Å². The molecule has 178 valence electrons. The van der Waals surface area contributed by atoms with Crippen LogP contribution in [0.4, 0.5) is 11.4 Å². The zero-order valence-electron chi connectivity index (χ0n) is 21.1. The molecular formula is C28H33N3O2S. The first-order chi connectivity index (χ1) is 16.1. The number of fused-ring (bicyclic) bond motifs is 1. The molecule has 2 heterocycles. The summed E-state index contributed by atoms with van der Waals surface area (Å²) in [6, 6.07) is 10.3. The molecule has 4 rings (SSSR count). The number of anilines is 1. The van der Waals surface area contributed by atoms with E-state index in [2.05, 4.69) is 69.1 Å². The van der Waals surface area contributed by atoms with Crippen LogP contribution in [0.1, 0.15) is 56.4 Å². The minimum absolute atomic E-state index is 0.0709. The van der Waals surface area contributed by atoms with Crippen LogP contribution in [0.15, 0.2) is 46.3 Å². The van der Waals surface area contributed by atoms with Gasteiger partial charge in [-0.1, -0.05) is 25.1 Å². The number of benzene rings is 2. The number of amidine groups is 1. The Morgan fingerprint density at radius 2 is 1.97 bits per heavy atom. The summed E-state index contributed by atoms with van der Waals surface area (Å²) in [6.45, 7) is 13.9. The number of thioether (sulfide) groups is 1. The van der Waals surface area contributed by atoms with E-state index in [0.717, 1.165) is 35.5 Å². The Hall–Kier alpha value is -2.99. The van der Waals surface area contributed by atoms with E-state index in [1.807, 2.05) is 25.1 Å². The highest BCUT2D eigenvalue weighted by molar-refractivity contribution is 8.18. The second-order valence-electron chi connectivity index (χ2n) is 9.44. The van der Waals surface area contributed by atoms with Crippen LogP contribution in [-0.2, 0) is 4.79 Å². The number of carbonyl (C=O) groups is 1. The fourth-order valence-corrected chi connectivity index (χ4v) is 5.46. The predicted octanol–water partition coefficient (Wildman–Crippen LogP) is 6.62. The highest BCUT2D eigenvalue weighted by atomic mass is 32.2. The highest BCUT2D eigenvalue weighted by Crippen LogP contribution is 2.43. The average Bonchev–Trinajstić information content (AvgIpc) is 3.12. The molecule has 0 aromatic heterocycles. The Labute approximate surface area is 207 Å². The molecule has 0 saturated carbocycles. The summed E-state index contributed by atoms with van der Waals surface area (Å²) in [5.41, 5.74) is 7.55. The van der Waals surface area contributed by atoms with Crippen LogP contribution in [0, 0.1) is 13.8 Å². The van der Waals surface area contributed by atoms with Gasteiger partial charge in [-0.25, -0.2) is 4.99 Å². The predicted molar refractivity (Wildman–Crippen MR) is 145 cm³/mol. The van der Waals surface area contributed by atoms with Crippen molar-refractivity contribution < 1.29 is 9.53 Å². The molecule has 34 heavy (non-hydrogen) atoms. The van der Waals surface area contributed by atoms with E-state index in [4.69, 9.17) is 9.73 Å². The van der Waals surface area contributed by atoms with Crippen molar-refractivity contribution in [2.24, 2.45) is 4.99 Å². The standard InChI is InChI=1S/C28H33N3O2S/c1-8-12-31-23-15-24(33-7)20(13-21(23)18(3)16-28(31,5)6)14-25-26(32)30-27(34-25)29-22-11-9-10-17(2)19(22)4/h9-11,13-16H,8,12H2,1-7H3,(H,29,30,32)/b25-14+. The second kappa shape index (κ2) is 9.34. The molecule has 0 bridgehead atoms. The smallest absolute Gasteiger partial charge is 0.264 e. The van der Waals surface area contributed by atoms with Gasteiger partial charge in [-0.2, -0.15) is 0 Å². The number of rotatable bonds is 5. The minimum atomic E-state index is -0.144. The molecule has 5 nitrogen and oxygen atoms in total. The van der Waals surface area contributed by atoms with E-state index in [1.54, 1.807) is 7.11 Å². The maximum absolute atomic E-state index is 12.8. The number of nitrogens with one attached hydrogen (secondary N) is 1. The lowest BCUT2D eigenvalue weighted by Gasteiger charge is -2.43. The van der Waals surface area contributed by atoms with Crippen molar-refractivity contribution >= 4 is 45.9 Å². The third-order valence-electron chi connectivity index (χ3n) is 6.51. The molecular weight excluding hydrogens is 442 g/mol. The molecule has 2 aromatic carbocycles. The lowest BCUT2D eigenvalue weighted by atomic mass is 9.87. The average molecular weight is 476 g/mol. The van der Waals surface area contributed by atoms with Gasteiger partial charge in [0, 0.05) is 29.4 Å². The van der Waals surface area contributed by atoms with Crippen LogP contribution in [-0.4, -0.2) is 30.3 Å². The number of ether oxygens (including phenoxy) is 1. The zero-order chi connectivity index (χ0) is 24.6. The van der Waals surface area contributed by atoms with E-state index < -0.39 is 0 Å². The molecule has 6 heteroatoms. The first-order valence-corrected chi connectivity index (χ1v) is 12.5. The summed E-state index contributed by atoms with van der Waals surface area (Å²) in [5, 5.41) is 3.50. The molecule has 0 radical (unpaired) electrons. The summed E-state index contributed by atoms with van der Waals surface area (Å²) in [7, 11) is 1.68. The maximum atomic E-state index is 12.8. The van der Waals surface area contributed by atoms with Crippen LogP contribution < -0.4 is 15.0 Å². The summed E-state index contributed by atoms with van der Waals surface area (Å²) in [6.07, 6.45) is 5.28. The first kappa shape index (κ1) is 24.1. The molecule has 0 unspecified atom stereocenters. The van der Waals surface area contributed by atoms with Crippen molar-refractivity contribution in [1.82, 2.24) is 5.32 Å². The largest absolute Gasteiger partial charge is 0.496 e. The molecule has 0 aliphatic carbocycles. The molecule has 0 atom stereocenters. The monoisotopic (exact) mass is 475 g/mol. The first-order valence-electron chi connectivity index (χ1n) is 11.7. The van der Waals surface area contributed by atoms with Crippen LogP contribution in [0.5, 0.6) is 5.75 Å². The number of aryl methyl sites for hydroxylation is 1. The van der Waals surface area contributed by atoms with E-state index >= 15 is 0 Å². The van der Waals surface area contributed by atoms with Crippen LogP contribution >= 0.6 is 11.8 Å². The number of carbonyl (C=O) groups excluding carboxylic acids is 1. The van der Waals surface area contributed by atoms with Gasteiger partial charge >= 0.3 is 0 Å². The lowest BCUT2D eigenvalue weighted by Crippen LogP contribution is -2.45. The number of aliphatic imine (C=N–C) groups is 1. The van der Waals surface area contributed by atoms with Gasteiger partial charge in [0.05, 0.1) is 23.2 Å². The Kier molecular flexibility index (Phi) is 6.63. The Bertz CT molecular complexity index is 1240. The normalized spacial score (nSPS) is 19.3. The number of hydrogen-bond donors (Lipinski definition) is 1. The molecule has 1 amide bonds. The van der Waals surface area contributed by atoms with E-state index in [1.165, 1.54) is 34.1 Å². The molecule has 2 aromatic rings. The van der Waals surface area contributed by atoms with Crippen LogP contribution in [0.25, 0.3) is 11.6 Å². The Balaban J connectivity index is 1.72. The van der Waals surface area contributed by atoms with Crippen molar-refractivity contribution in [3.8, 4) is 5.75 Å². The van der Waals surface area contributed by atoms with Gasteiger partial charge in [-0.05, 0) is 87.7 Å². The van der Waals surface area contributed by atoms with Gasteiger partial charge < -0.3 is 15.0 Å². The van der Waals surface area contributed by atoms with Gasteiger partial charge in [-0.3, -0.25) is 4.79 Å². The van der Waals surface area contributed by atoms with E-state index in [9.17, 15) is 4.79 Å². The van der Waals surface area contributed by atoms with Crippen molar-refractivity contribution in [3.63, 3.8) is 0 Å². The van der Waals surface area contributed by atoms with Crippen molar-refractivity contribution in [1.29, 1.82) is 0 Å². The Morgan fingerprint density at radius 1 is 1.21 bits per heavy atom. The summed E-state index contributed by atoms with van der Waals surface area (Å²) in [4.78, 5) is 20.5. The molecule has 1 N–H and O–H groups in total. The maximum Gasteiger partial charge on any atom is 0.264 e. The second-order valence-corrected chi connectivity index (χ2v) is 10.5. The fourth-order valence-electron chi connectivity index (χ4n) is 4.63. The number of nitrogens with zero attached hydrogens (tertiary/aromatic N) is 2. The summed E-state index contributed by atoms with van der Waals surface area (Å²) < 4.78 is 5.78. The lowest BCUT2D eigenvalue weighted by molar-refractivity contribution is -0.115. The third kappa shape index (κ3) is 4.51. The van der Waals surface area contributed by atoms with E-state index in [-0.39, 0.29) is 11.4 Å². The van der Waals surface area contributed by atoms with Gasteiger partial charge in [0.1, 0.15) is 5.75 Å². The van der Waals surface area contributed by atoms with Gasteiger partial charge in [0.25, 0.3) is 5.91 Å². The highest BCUT2D eigenvalue weighted by Gasteiger charge is 2.32. The zero-order valence-corrected chi connectivity index (χ0v) is 21.9. The van der Waals surface area contributed by atoms with Crippen LogP contribution in [0.3, 0.4) is 0 Å². The third-order valence-corrected chi connectivity index (χ3v) is 7.42. The molecule has 2 aliphatic heterocycles. The fraction of sp³-hybridized carbons (Fsp3) is 0.357. The minimum Gasteiger partial charge on any atom is -0.496 e. The van der Waals surface area contributed by atoms with Crippen LogP contribution in [0.2, 0.25) is 0 Å². The molecule has 1 saturated heterocycles. The summed E-state index contributed by atoms with van der Waals surface area (Å²) in [5.74, 6) is 0.612. The van der Waals surface area contributed by atoms with Gasteiger partial charge in [0.2, 0.25) is 0 Å². The molecule has 1 fully saturated rings. The SMILES string of the molecule is CCCN1c2cc(OC)c(/C=C3/SC(=Nc4cccc(C)c4C)NC3=O)cc2C(C)=CC1(C)C. The van der Waals surface area contributed by atoms with Gasteiger partial charge in [-0.15, -0.1) is 0 Å². The quantitative estimate of drug-likeness (QED) is 0.494. The van der Waals surface area contributed by atoms with E-state index in [0.29, 0.717) is 10.1 Å². The summed E-state index contributed by atoms with van der Waals surface area (Å²) >= 11 is 1.36. The topological polar surface area (TPSA) is 53.9 Å².